The van der Waals surface area contributed by atoms with Gasteiger partial charge in [0.05, 0.1) is 17.8 Å². The average molecular weight is 267 g/mol. The third-order valence-corrected chi connectivity index (χ3v) is 3.48. The van der Waals surface area contributed by atoms with Crippen LogP contribution in [-0.2, 0) is 6.54 Å². The number of anilines is 1. The zero-order chi connectivity index (χ0) is 13.9. The zero-order valence-electron chi connectivity index (χ0n) is 11.5. The molecule has 2 heterocycles. The molecule has 1 aromatic heterocycles. The number of carbonyl (C=O) groups is 1. The highest BCUT2D eigenvalue weighted by atomic mass is 16.1. The van der Waals surface area contributed by atoms with Crippen LogP contribution in [0.2, 0.25) is 0 Å². The van der Waals surface area contributed by atoms with Gasteiger partial charge < -0.3 is 10.2 Å². The number of amides is 1. The molecule has 0 atom stereocenters. The number of nitrogens with one attached hydrogen (secondary N) is 1. The van der Waals surface area contributed by atoms with E-state index in [-0.39, 0.29) is 5.91 Å². The van der Waals surface area contributed by atoms with E-state index in [2.05, 4.69) is 21.3 Å². The molecule has 0 saturated heterocycles. The van der Waals surface area contributed by atoms with Crippen LogP contribution in [0.15, 0.2) is 42.6 Å². The summed E-state index contributed by atoms with van der Waals surface area (Å²) < 4.78 is 0. The SMILES string of the molecule is Cc1ccc(CN2CCNC(=O)c3ccccc32)nc1. The molecule has 20 heavy (non-hydrogen) atoms. The van der Waals surface area contributed by atoms with Crippen LogP contribution in [-0.4, -0.2) is 24.0 Å². The summed E-state index contributed by atoms with van der Waals surface area (Å²) in [6, 6.07) is 11.8. The van der Waals surface area contributed by atoms with Crippen molar-refractivity contribution < 1.29 is 4.79 Å². The number of hydrogen-bond acceptors (Lipinski definition) is 3. The summed E-state index contributed by atoms with van der Waals surface area (Å²) in [6.45, 7) is 4.19. The van der Waals surface area contributed by atoms with Gasteiger partial charge in [0.1, 0.15) is 0 Å². The summed E-state index contributed by atoms with van der Waals surface area (Å²) in [6.07, 6.45) is 1.88. The molecular formula is C16H17N3O. The maximum Gasteiger partial charge on any atom is 0.253 e. The largest absolute Gasteiger partial charge is 0.363 e. The first-order valence-corrected chi connectivity index (χ1v) is 6.78. The molecule has 4 heteroatoms. The molecule has 0 radical (unpaired) electrons. The summed E-state index contributed by atoms with van der Waals surface area (Å²) >= 11 is 0. The molecule has 1 aliphatic rings. The molecule has 0 aliphatic carbocycles. The van der Waals surface area contributed by atoms with E-state index in [0.29, 0.717) is 13.1 Å². The molecule has 1 aromatic carbocycles. The van der Waals surface area contributed by atoms with Crippen molar-refractivity contribution in [2.75, 3.05) is 18.0 Å². The molecule has 1 amide bonds. The van der Waals surface area contributed by atoms with E-state index in [1.807, 2.05) is 43.5 Å². The number of fused-ring (bicyclic) bond motifs is 1. The number of benzene rings is 1. The molecule has 0 unspecified atom stereocenters. The first-order valence-electron chi connectivity index (χ1n) is 6.78. The van der Waals surface area contributed by atoms with Crippen molar-refractivity contribution in [1.29, 1.82) is 0 Å². The van der Waals surface area contributed by atoms with Gasteiger partial charge in [0, 0.05) is 25.0 Å². The fourth-order valence-corrected chi connectivity index (χ4v) is 2.41. The van der Waals surface area contributed by atoms with Gasteiger partial charge in [0.25, 0.3) is 5.91 Å². The highest BCUT2D eigenvalue weighted by Gasteiger charge is 2.20. The Hall–Kier alpha value is -2.36. The van der Waals surface area contributed by atoms with E-state index in [0.717, 1.165) is 29.1 Å². The Morgan fingerprint density at radius 2 is 2.10 bits per heavy atom. The summed E-state index contributed by atoms with van der Waals surface area (Å²) in [5, 5.41) is 2.92. The third kappa shape index (κ3) is 2.50. The lowest BCUT2D eigenvalue weighted by Crippen LogP contribution is -2.29. The van der Waals surface area contributed by atoms with Crippen molar-refractivity contribution in [2.24, 2.45) is 0 Å². The lowest BCUT2D eigenvalue weighted by Gasteiger charge is -2.23. The molecule has 102 valence electrons. The smallest absolute Gasteiger partial charge is 0.253 e. The number of aromatic nitrogens is 1. The van der Waals surface area contributed by atoms with Crippen molar-refractivity contribution in [3.8, 4) is 0 Å². The fourth-order valence-electron chi connectivity index (χ4n) is 2.41. The van der Waals surface area contributed by atoms with Crippen molar-refractivity contribution in [3.63, 3.8) is 0 Å². The summed E-state index contributed by atoms with van der Waals surface area (Å²) in [5.41, 5.74) is 3.88. The summed E-state index contributed by atoms with van der Waals surface area (Å²) in [7, 11) is 0. The molecule has 3 rings (SSSR count). The number of carbonyl (C=O) groups excluding carboxylic acids is 1. The minimum atomic E-state index is -0.0000321. The number of pyridine rings is 1. The predicted octanol–water partition coefficient (Wildman–Crippen LogP) is 2.14. The Balaban J connectivity index is 1.91. The second-order valence-corrected chi connectivity index (χ2v) is 5.02. The Morgan fingerprint density at radius 3 is 2.90 bits per heavy atom. The number of rotatable bonds is 2. The van der Waals surface area contributed by atoms with Gasteiger partial charge in [-0.2, -0.15) is 0 Å². The maximum absolute atomic E-state index is 12.0. The van der Waals surface area contributed by atoms with Crippen molar-refractivity contribution >= 4 is 11.6 Å². The van der Waals surface area contributed by atoms with Crippen LogP contribution in [0.3, 0.4) is 0 Å². The lowest BCUT2D eigenvalue weighted by molar-refractivity contribution is 0.0958. The third-order valence-electron chi connectivity index (χ3n) is 3.48. The molecular weight excluding hydrogens is 250 g/mol. The molecule has 0 bridgehead atoms. The van der Waals surface area contributed by atoms with E-state index in [1.54, 1.807) is 0 Å². The van der Waals surface area contributed by atoms with Gasteiger partial charge in [-0.25, -0.2) is 0 Å². The molecule has 1 aliphatic heterocycles. The first-order chi connectivity index (χ1) is 9.74. The summed E-state index contributed by atoms with van der Waals surface area (Å²) in [5.74, 6) is -0.0000321. The molecule has 2 aromatic rings. The molecule has 4 nitrogen and oxygen atoms in total. The van der Waals surface area contributed by atoms with Crippen molar-refractivity contribution in [3.05, 3.63) is 59.4 Å². The second-order valence-electron chi connectivity index (χ2n) is 5.02. The van der Waals surface area contributed by atoms with E-state index < -0.39 is 0 Å². The van der Waals surface area contributed by atoms with Crippen LogP contribution in [0.1, 0.15) is 21.6 Å². The van der Waals surface area contributed by atoms with Crippen molar-refractivity contribution in [2.45, 2.75) is 13.5 Å². The topological polar surface area (TPSA) is 45.2 Å². The van der Waals surface area contributed by atoms with Crippen LogP contribution in [0.5, 0.6) is 0 Å². The van der Waals surface area contributed by atoms with E-state index >= 15 is 0 Å². The standard InChI is InChI=1S/C16H17N3O/c1-12-6-7-13(18-10-12)11-19-9-8-17-16(20)14-4-2-3-5-15(14)19/h2-7,10H,8-9,11H2,1H3,(H,17,20). The zero-order valence-corrected chi connectivity index (χ0v) is 11.5. The molecule has 0 fully saturated rings. The Morgan fingerprint density at radius 1 is 1.25 bits per heavy atom. The quantitative estimate of drug-likeness (QED) is 0.906. The van der Waals surface area contributed by atoms with Gasteiger partial charge in [-0.1, -0.05) is 18.2 Å². The first kappa shape index (κ1) is 12.7. The normalized spacial score (nSPS) is 14.4. The Bertz CT molecular complexity index is 622. The minimum absolute atomic E-state index is 0.0000321. The fraction of sp³-hybridized carbons (Fsp3) is 0.250. The van der Waals surface area contributed by atoms with Gasteiger partial charge in [0.2, 0.25) is 0 Å². The van der Waals surface area contributed by atoms with E-state index in [9.17, 15) is 4.79 Å². The summed E-state index contributed by atoms with van der Waals surface area (Å²) in [4.78, 5) is 18.6. The van der Waals surface area contributed by atoms with Crippen molar-refractivity contribution in [1.82, 2.24) is 10.3 Å². The Labute approximate surface area is 118 Å². The van der Waals surface area contributed by atoms with Gasteiger partial charge in [-0.05, 0) is 30.7 Å². The molecule has 0 saturated carbocycles. The number of nitrogens with zero attached hydrogens (tertiary/aromatic N) is 2. The monoisotopic (exact) mass is 267 g/mol. The van der Waals surface area contributed by atoms with Gasteiger partial charge in [-0.3, -0.25) is 9.78 Å². The van der Waals surface area contributed by atoms with Gasteiger partial charge in [0.15, 0.2) is 0 Å². The number of aryl methyl sites for hydroxylation is 1. The van der Waals surface area contributed by atoms with Gasteiger partial charge >= 0.3 is 0 Å². The highest BCUT2D eigenvalue weighted by Crippen LogP contribution is 2.23. The van der Waals surface area contributed by atoms with Crippen LogP contribution >= 0.6 is 0 Å². The highest BCUT2D eigenvalue weighted by molar-refractivity contribution is 6.00. The number of para-hydroxylation sites is 1. The number of hydrogen-bond donors (Lipinski definition) is 1. The van der Waals surface area contributed by atoms with Crippen LogP contribution in [0.25, 0.3) is 0 Å². The molecule has 1 N–H and O–H groups in total. The average Bonchev–Trinajstić information content (AvgIpc) is 2.62. The Kier molecular flexibility index (Phi) is 3.37. The van der Waals surface area contributed by atoms with E-state index in [4.69, 9.17) is 0 Å². The van der Waals surface area contributed by atoms with Crippen LogP contribution in [0, 0.1) is 6.92 Å². The minimum Gasteiger partial charge on any atom is -0.363 e. The van der Waals surface area contributed by atoms with E-state index in [1.165, 1.54) is 0 Å². The second kappa shape index (κ2) is 5.33. The van der Waals surface area contributed by atoms with Gasteiger partial charge in [-0.15, -0.1) is 0 Å². The van der Waals surface area contributed by atoms with Crippen LogP contribution in [0.4, 0.5) is 5.69 Å². The lowest BCUT2D eigenvalue weighted by atomic mass is 10.1. The molecule has 0 spiro atoms. The van der Waals surface area contributed by atoms with Crippen LogP contribution < -0.4 is 10.2 Å². The maximum atomic E-state index is 12.0. The predicted molar refractivity (Wildman–Crippen MR) is 78.8 cm³/mol.